The molecule has 0 aliphatic carbocycles. The first-order chi connectivity index (χ1) is 9.33. The molecule has 0 fully saturated rings. The minimum Gasteiger partial charge on any atom is -0.369 e. The number of nitrogens with two attached hydrogens (primary N) is 1. The Morgan fingerprint density at radius 1 is 1.00 bits per heavy atom. The lowest BCUT2D eigenvalue weighted by Crippen LogP contribution is -2.38. The van der Waals surface area contributed by atoms with E-state index < -0.39 is 0 Å². The standard InChI is InChI=1S/C17H20N2/c18-16(12-14-6-2-1-3-7-14)13-19-11-10-15-8-4-5-9-17(15)19/h1-9,16H,10-13,18H2/t16-/m0/s1. The smallest absolute Gasteiger partial charge is 0.0400 e. The molecule has 0 aromatic heterocycles. The summed E-state index contributed by atoms with van der Waals surface area (Å²) in [5.74, 6) is 0. The highest BCUT2D eigenvalue weighted by Crippen LogP contribution is 2.27. The van der Waals surface area contributed by atoms with Crippen molar-refractivity contribution in [1.82, 2.24) is 0 Å². The van der Waals surface area contributed by atoms with Crippen LogP contribution in [-0.2, 0) is 12.8 Å². The maximum atomic E-state index is 6.30. The fourth-order valence-electron chi connectivity index (χ4n) is 2.86. The Hall–Kier alpha value is -1.80. The topological polar surface area (TPSA) is 29.3 Å². The van der Waals surface area contributed by atoms with Crippen molar-refractivity contribution in [3.8, 4) is 0 Å². The molecule has 2 heteroatoms. The number of fused-ring (bicyclic) bond motifs is 1. The second-order valence-electron chi connectivity index (χ2n) is 5.27. The summed E-state index contributed by atoms with van der Waals surface area (Å²) in [4.78, 5) is 2.42. The van der Waals surface area contributed by atoms with Crippen molar-refractivity contribution in [2.45, 2.75) is 18.9 Å². The third-order valence-electron chi connectivity index (χ3n) is 3.78. The van der Waals surface area contributed by atoms with Crippen molar-refractivity contribution >= 4 is 5.69 Å². The molecule has 2 aromatic rings. The van der Waals surface area contributed by atoms with E-state index in [1.807, 2.05) is 6.07 Å². The van der Waals surface area contributed by atoms with E-state index in [-0.39, 0.29) is 6.04 Å². The van der Waals surface area contributed by atoms with Gasteiger partial charge in [-0.15, -0.1) is 0 Å². The first-order valence-corrected chi connectivity index (χ1v) is 6.95. The first-order valence-electron chi connectivity index (χ1n) is 6.95. The van der Waals surface area contributed by atoms with E-state index in [0.717, 1.165) is 25.9 Å². The number of hydrogen-bond donors (Lipinski definition) is 1. The molecular weight excluding hydrogens is 232 g/mol. The lowest BCUT2D eigenvalue weighted by Gasteiger charge is -2.23. The Morgan fingerprint density at radius 3 is 2.58 bits per heavy atom. The summed E-state index contributed by atoms with van der Waals surface area (Å²) in [5, 5.41) is 0. The summed E-state index contributed by atoms with van der Waals surface area (Å²) in [6.45, 7) is 2.04. The molecule has 0 bridgehead atoms. The number of benzene rings is 2. The summed E-state index contributed by atoms with van der Waals surface area (Å²) in [6, 6.07) is 19.3. The van der Waals surface area contributed by atoms with Crippen LogP contribution in [0.1, 0.15) is 11.1 Å². The molecule has 0 amide bonds. The van der Waals surface area contributed by atoms with Crippen molar-refractivity contribution in [3.63, 3.8) is 0 Å². The average Bonchev–Trinajstić information content (AvgIpc) is 2.83. The van der Waals surface area contributed by atoms with Gasteiger partial charge >= 0.3 is 0 Å². The minimum atomic E-state index is 0.188. The summed E-state index contributed by atoms with van der Waals surface area (Å²) >= 11 is 0. The molecule has 0 radical (unpaired) electrons. The van der Waals surface area contributed by atoms with E-state index in [2.05, 4.69) is 53.4 Å². The van der Waals surface area contributed by atoms with Crippen molar-refractivity contribution < 1.29 is 0 Å². The Kier molecular flexibility index (Phi) is 3.51. The molecule has 0 unspecified atom stereocenters. The molecule has 1 aliphatic rings. The monoisotopic (exact) mass is 252 g/mol. The van der Waals surface area contributed by atoms with Crippen molar-refractivity contribution in [2.24, 2.45) is 5.73 Å². The van der Waals surface area contributed by atoms with Gasteiger partial charge in [0, 0.05) is 24.8 Å². The largest absolute Gasteiger partial charge is 0.369 e. The average molecular weight is 252 g/mol. The fraction of sp³-hybridized carbons (Fsp3) is 0.294. The summed E-state index contributed by atoms with van der Waals surface area (Å²) in [6.07, 6.45) is 2.09. The normalized spacial score (nSPS) is 15.3. The Morgan fingerprint density at radius 2 is 1.74 bits per heavy atom. The fourth-order valence-corrected chi connectivity index (χ4v) is 2.86. The second kappa shape index (κ2) is 5.45. The van der Waals surface area contributed by atoms with Gasteiger partial charge in [0.2, 0.25) is 0 Å². The molecule has 1 aliphatic heterocycles. The van der Waals surface area contributed by atoms with E-state index in [1.54, 1.807) is 0 Å². The number of rotatable bonds is 4. The molecule has 2 nitrogen and oxygen atoms in total. The van der Waals surface area contributed by atoms with Gasteiger partial charge in [-0.1, -0.05) is 48.5 Å². The van der Waals surface area contributed by atoms with Gasteiger partial charge in [-0.3, -0.25) is 0 Å². The molecule has 2 aromatic carbocycles. The van der Waals surface area contributed by atoms with Gasteiger partial charge in [0.15, 0.2) is 0 Å². The van der Waals surface area contributed by atoms with Crippen LogP contribution in [0.4, 0.5) is 5.69 Å². The highest BCUT2D eigenvalue weighted by molar-refractivity contribution is 5.57. The van der Waals surface area contributed by atoms with Crippen LogP contribution in [0.5, 0.6) is 0 Å². The highest BCUT2D eigenvalue weighted by Gasteiger charge is 2.20. The number of nitrogens with zero attached hydrogens (tertiary/aromatic N) is 1. The summed E-state index contributed by atoms with van der Waals surface area (Å²) in [7, 11) is 0. The summed E-state index contributed by atoms with van der Waals surface area (Å²) in [5.41, 5.74) is 10.4. The van der Waals surface area contributed by atoms with Crippen LogP contribution < -0.4 is 10.6 Å². The third-order valence-corrected chi connectivity index (χ3v) is 3.78. The zero-order chi connectivity index (χ0) is 13.1. The van der Waals surface area contributed by atoms with Crippen LogP contribution in [0.3, 0.4) is 0 Å². The highest BCUT2D eigenvalue weighted by atomic mass is 15.2. The third kappa shape index (κ3) is 2.79. The molecule has 1 heterocycles. The van der Waals surface area contributed by atoms with Gasteiger partial charge < -0.3 is 10.6 Å². The van der Waals surface area contributed by atoms with Crippen LogP contribution in [0.2, 0.25) is 0 Å². The second-order valence-corrected chi connectivity index (χ2v) is 5.27. The Labute approximate surface area is 114 Å². The van der Waals surface area contributed by atoms with Crippen LogP contribution >= 0.6 is 0 Å². The molecule has 0 spiro atoms. The predicted octanol–water partition coefficient (Wildman–Crippen LogP) is 2.62. The zero-order valence-corrected chi connectivity index (χ0v) is 11.1. The van der Waals surface area contributed by atoms with Crippen molar-refractivity contribution in [2.75, 3.05) is 18.0 Å². The molecule has 19 heavy (non-hydrogen) atoms. The van der Waals surface area contributed by atoms with E-state index in [1.165, 1.54) is 16.8 Å². The lowest BCUT2D eigenvalue weighted by molar-refractivity contribution is 0.640. The van der Waals surface area contributed by atoms with Gasteiger partial charge in [0.25, 0.3) is 0 Å². The van der Waals surface area contributed by atoms with Gasteiger partial charge in [-0.2, -0.15) is 0 Å². The quantitative estimate of drug-likeness (QED) is 0.906. The van der Waals surface area contributed by atoms with Crippen molar-refractivity contribution in [1.29, 1.82) is 0 Å². The zero-order valence-electron chi connectivity index (χ0n) is 11.1. The minimum absolute atomic E-state index is 0.188. The van der Waals surface area contributed by atoms with E-state index in [4.69, 9.17) is 5.73 Å². The molecule has 2 N–H and O–H groups in total. The number of anilines is 1. The lowest BCUT2D eigenvalue weighted by atomic mass is 10.1. The van der Waals surface area contributed by atoms with Gasteiger partial charge in [-0.25, -0.2) is 0 Å². The Bertz CT molecular complexity index is 536. The maximum Gasteiger partial charge on any atom is 0.0400 e. The molecule has 98 valence electrons. The van der Waals surface area contributed by atoms with Crippen LogP contribution in [0, 0.1) is 0 Å². The van der Waals surface area contributed by atoms with Gasteiger partial charge in [0.1, 0.15) is 0 Å². The molecule has 1 atom stereocenters. The van der Waals surface area contributed by atoms with E-state index in [9.17, 15) is 0 Å². The Balaban J connectivity index is 1.63. The maximum absolute atomic E-state index is 6.30. The van der Waals surface area contributed by atoms with E-state index >= 15 is 0 Å². The van der Waals surface area contributed by atoms with Crippen LogP contribution in [-0.4, -0.2) is 19.1 Å². The van der Waals surface area contributed by atoms with Crippen molar-refractivity contribution in [3.05, 3.63) is 65.7 Å². The molecule has 3 rings (SSSR count). The SMILES string of the molecule is N[C@@H](Cc1ccccc1)CN1CCc2ccccc21. The molecule has 0 saturated carbocycles. The van der Waals surface area contributed by atoms with Crippen LogP contribution in [0.15, 0.2) is 54.6 Å². The van der Waals surface area contributed by atoms with Gasteiger partial charge in [0.05, 0.1) is 0 Å². The predicted molar refractivity (Wildman–Crippen MR) is 80.5 cm³/mol. The molecule has 0 saturated heterocycles. The number of para-hydroxylation sites is 1. The van der Waals surface area contributed by atoms with Gasteiger partial charge in [-0.05, 0) is 30.0 Å². The van der Waals surface area contributed by atoms with Crippen LogP contribution in [0.25, 0.3) is 0 Å². The molecular formula is C17H20N2. The van der Waals surface area contributed by atoms with E-state index in [0.29, 0.717) is 0 Å². The first kappa shape index (κ1) is 12.2. The number of hydrogen-bond acceptors (Lipinski definition) is 2. The summed E-state index contributed by atoms with van der Waals surface area (Å²) < 4.78 is 0.